The molecule has 1 aliphatic carbocycles. The van der Waals surface area contributed by atoms with Crippen LogP contribution in [-0.4, -0.2) is 5.97 Å². The van der Waals surface area contributed by atoms with Gasteiger partial charge in [0.05, 0.1) is 5.92 Å². The summed E-state index contributed by atoms with van der Waals surface area (Å²) in [7, 11) is -5.39. The molecule has 0 bridgehead atoms. The Balaban J connectivity index is 0.000000614. The van der Waals surface area contributed by atoms with Crippen LogP contribution >= 0.6 is 31.0 Å². The van der Waals surface area contributed by atoms with Crippen molar-refractivity contribution in [3.8, 4) is 11.5 Å². The topological polar surface area (TPSA) is 122 Å². The van der Waals surface area contributed by atoms with Crippen LogP contribution < -0.4 is 19.4 Å². The van der Waals surface area contributed by atoms with Crippen molar-refractivity contribution in [3.05, 3.63) is 70.7 Å². The first kappa shape index (κ1) is 25.4. The van der Waals surface area contributed by atoms with Crippen LogP contribution in [0.3, 0.4) is 0 Å². The second-order valence-electron chi connectivity index (χ2n) is 7.40. The monoisotopic (exact) mass is 485 g/mol. The minimum atomic E-state index is -5.39. The van der Waals surface area contributed by atoms with Crippen LogP contribution in [0.25, 0.3) is 0 Å². The number of esters is 1. The number of ether oxygens (including phenoxy) is 2. The molecule has 168 valence electrons. The van der Waals surface area contributed by atoms with E-state index in [1.807, 2.05) is 68.4 Å². The highest BCUT2D eigenvalue weighted by Crippen LogP contribution is 2.60. The lowest BCUT2D eigenvalue weighted by atomic mass is 10.1. The molecule has 0 aliphatic heterocycles. The van der Waals surface area contributed by atoms with Gasteiger partial charge >= 0.3 is 5.97 Å². The Morgan fingerprint density at radius 1 is 1.06 bits per heavy atom. The van der Waals surface area contributed by atoms with E-state index in [1.165, 1.54) is 0 Å². The van der Waals surface area contributed by atoms with Gasteiger partial charge in [0.15, 0.2) is 0 Å². The van der Waals surface area contributed by atoms with Crippen LogP contribution in [0, 0.1) is 17.3 Å². The fraction of sp³-hybridized carbons (Fsp3) is 0.286. The van der Waals surface area contributed by atoms with E-state index in [0.29, 0.717) is 5.75 Å². The summed E-state index contributed by atoms with van der Waals surface area (Å²) in [4.78, 5) is 38.0. The second-order valence-corrected chi connectivity index (χ2v) is 9.30. The first-order valence-electron chi connectivity index (χ1n) is 9.12. The van der Waals surface area contributed by atoms with Crippen LogP contribution in [0.1, 0.15) is 19.4 Å². The number of halogens is 2. The van der Waals surface area contributed by atoms with Gasteiger partial charge in [-0.25, -0.2) is 0 Å². The van der Waals surface area contributed by atoms with Crippen molar-refractivity contribution < 1.29 is 33.5 Å². The molecule has 1 aliphatic rings. The molecule has 1 fully saturated rings. The van der Waals surface area contributed by atoms with E-state index in [4.69, 9.17) is 51.9 Å². The third-order valence-corrected chi connectivity index (χ3v) is 4.98. The van der Waals surface area contributed by atoms with Crippen molar-refractivity contribution in [1.29, 1.82) is 0 Å². The highest BCUT2D eigenvalue weighted by Gasteiger charge is 2.61. The smallest absolute Gasteiger partial charge is 0.310 e. The molecule has 0 radical (unpaired) electrons. The number of hydrogen-bond acceptors (Lipinski definition) is 7. The summed E-state index contributed by atoms with van der Waals surface area (Å²) >= 11 is 11.5. The number of para-hydroxylation sites is 1. The van der Waals surface area contributed by atoms with Crippen molar-refractivity contribution >= 4 is 37.0 Å². The zero-order valence-corrected chi connectivity index (χ0v) is 19.1. The maximum Gasteiger partial charge on any atom is 0.310 e. The molecule has 2 aromatic rings. The van der Waals surface area contributed by atoms with Gasteiger partial charge in [-0.15, -0.1) is 0 Å². The van der Waals surface area contributed by atoms with Gasteiger partial charge in [-0.1, -0.05) is 67.4 Å². The van der Waals surface area contributed by atoms with E-state index in [-0.39, 0.29) is 34.3 Å². The van der Waals surface area contributed by atoms with Gasteiger partial charge in [-0.05, 0) is 47.2 Å². The van der Waals surface area contributed by atoms with Gasteiger partial charge in [0.1, 0.15) is 22.6 Å². The number of carbonyl (C=O) groups excluding carboxylic acids is 1. The highest BCUT2D eigenvalue weighted by atomic mass is 35.5. The minimum absolute atomic E-state index is 0.00717. The summed E-state index contributed by atoms with van der Waals surface area (Å²) in [5.74, 6) is 1.01. The Hall–Kier alpha value is -1.86. The minimum Gasteiger partial charge on any atom is -0.822 e. The number of hydrogen-bond donors (Lipinski definition) is 0. The number of benzene rings is 2. The maximum atomic E-state index is 12.4. The first-order valence-corrected chi connectivity index (χ1v) is 11.3. The largest absolute Gasteiger partial charge is 0.822 e. The van der Waals surface area contributed by atoms with Gasteiger partial charge in [0.2, 0.25) is 0 Å². The third-order valence-electron chi connectivity index (χ3n) is 4.73. The molecule has 31 heavy (non-hydrogen) atoms. The van der Waals surface area contributed by atoms with E-state index < -0.39 is 7.82 Å². The summed E-state index contributed by atoms with van der Waals surface area (Å²) in [5, 5.41) is 0. The van der Waals surface area contributed by atoms with Gasteiger partial charge < -0.3 is 28.7 Å². The average molecular weight is 486 g/mol. The van der Waals surface area contributed by atoms with E-state index in [0.717, 1.165) is 11.3 Å². The second kappa shape index (κ2) is 10.6. The van der Waals surface area contributed by atoms with Crippen molar-refractivity contribution in [2.45, 2.75) is 20.5 Å². The maximum absolute atomic E-state index is 12.4. The van der Waals surface area contributed by atoms with E-state index in [9.17, 15) is 4.79 Å². The van der Waals surface area contributed by atoms with Gasteiger partial charge in [-0.2, -0.15) is 7.82 Å². The molecule has 10 heteroatoms. The molecule has 0 heterocycles. The summed E-state index contributed by atoms with van der Waals surface area (Å²) < 4.78 is 20.0. The van der Waals surface area contributed by atoms with Crippen LogP contribution in [0.4, 0.5) is 0 Å². The molecule has 3 rings (SSSR count). The number of rotatable bonds is 6. The normalized spacial score (nSPS) is 18.8. The summed E-state index contributed by atoms with van der Waals surface area (Å²) in [5.41, 5.74) is 0.678. The van der Waals surface area contributed by atoms with Crippen LogP contribution in [0.5, 0.6) is 11.5 Å². The number of carbonyl (C=O) groups is 1. The van der Waals surface area contributed by atoms with E-state index >= 15 is 0 Å². The Bertz CT molecular complexity index is 960. The molecule has 0 aromatic heterocycles. The lowest BCUT2D eigenvalue weighted by Crippen LogP contribution is -2.24. The van der Waals surface area contributed by atoms with Crippen LogP contribution in [0.2, 0.25) is 0 Å². The predicted molar refractivity (Wildman–Crippen MR) is 111 cm³/mol. The predicted octanol–water partition coefficient (Wildman–Crippen LogP) is 3.29. The number of allylic oxidation sites excluding steroid dienone is 1. The molecule has 2 atom stereocenters. The zero-order valence-electron chi connectivity index (χ0n) is 16.7. The molecule has 7 nitrogen and oxygen atoms in total. The molecule has 0 saturated heterocycles. The molecule has 1 saturated carbocycles. The third kappa shape index (κ3) is 8.65. The molecule has 0 spiro atoms. The lowest BCUT2D eigenvalue weighted by molar-refractivity contribution is -0.432. The average Bonchev–Trinajstić information content (AvgIpc) is 3.19. The quantitative estimate of drug-likeness (QED) is 0.454. The summed E-state index contributed by atoms with van der Waals surface area (Å²) in [6.07, 6.45) is 1.71. The summed E-state index contributed by atoms with van der Waals surface area (Å²) in [6.45, 7) is 4.21. The number of phosphoric acid groups is 1. The molecule has 0 N–H and O–H groups in total. The first-order chi connectivity index (χ1) is 14.4. The SMILES string of the molecule is CC1(C)C(C=C(Cl)Cl)C1C(=O)OCc1cccc(Oc2ccccc2)c1.O=P([O-])([O-])[O-]. The Morgan fingerprint density at radius 3 is 2.23 bits per heavy atom. The Labute approximate surface area is 190 Å². The lowest BCUT2D eigenvalue weighted by Gasteiger charge is -2.36. The van der Waals surface area contributed by atoms with Gasteiger partial charge in [0, 0.05) is 0 Å². The fourth-order valence-electron chi connectivity index (χ4n) is 3.14. The fourth-order valence-corrected chi connectivity index (χ4v) is 3.41. The van der Waals surface area contributed by atoms with Crippen molar-refractivity contribution in [1.82, 2.24) is 0 Å². The van der Waals surface area contributed by atoms with Crippen LogP contribution in [-0.2, 0) is 20.7 Å². The summed E-state index contributed by atoms with van der Waals surface area (Å²) in [6, 6.07) is 17.0. The van der Waals surface area contributed by atoms with Crippen molar-refractivity contribution in [3.63, 3.8) is 0 Å². The van der Waals surface area contributed by atoms with E-state index in [2.05, 4.69) is 0 Å². The van der Waals surface area contributed by atoms with Gasteiger partial charge in [-0.3, -0.25) is 4.79 Å². The zero-order chi connectivity index (χ0) is 23.2. The Morgan fingerprint density at radius 2 is 1.65 bits per heavy atom. The van der Waals surface area contributed by atoms with Crippen molar-refractivity contribution in [2.75, 3.05) is 0 Å². The Kier molecular flexibility index (Phi) is 8.72. The molecular formula is C21H20Cl2O7P-3. The van der Waals surface area contributed by atoms with E-state index in [1.54, 1.807) is 6.08 Å². The van der Waals surface area contributed by atoms with Crippen LogP contribution in [0.15, 0.2) is 65.2 Å². The molecule has 2 aromatic carbocycles. The molecule has 0 amide bonds. The molecular weight excluding hydrogens is 466 g/mol. The van der Waals surface area contributed by atoms with Gasteiger partial charge in [0.25, 0.3) is 0 Å². The standard InChI is InChI=1S/C21H20Cl2O3.H3O4P/c1-21(2)17(12-18(22)23)19(21)20(24)25-13-14-7-6-10-16(11-14)26-15-8-4-3-5-9-15;1-5(2,3)4/h3-12,17,19H,13H2,1-2H3;(H3,1,2,3,4)/p-3. The van der Waals surface area contributed by atoms with Crippen molar-refractivity contribution in [2.24, 2.45) is 17.3 Å². The highest BCUT2D eigenvalue weighted by molar-refractivity contribution is 7.40. The molecule has 2 unspecified atom stereocenters.